The van der Waals surface area contributed by atoms with Gasteiger partial charge in [0.2, 0.25) is 0 Å². The van der Waals surface area contributed by atoms with Gasteiger partial charge >= 0.3 is 0 Å². The summed E-state index contributed by atoms with van der Waals surface area (Å²) in [5, 5.41) is 0.147. The Labute approximate surface area is 64.8 Å². The first kappa shape index (κ1) is 6.23. The molecule has 0 bridgehead atoms. The summed E-state index contributed by atoms with van der Waals surface area (Å²) in [6.07, 6.45) is 2.91. The van der Waals surface area contributed by atoms with Crippen LogP contribution in [0.25, 0.3) is 0 Å². The second kappa shape index (κ2) is 1.99. The topological polar surface area (TPSA) is 17.8 Å². The average Bonchev–Trinajstić information content (AvgIpc) is 2.41. The third-order valence-corrected chi connectivity index (χ3v) is 2.39. The lowest BCUT2D eigenvalue weighted by Crippen LogP contribution is -1.93. The maximum atomic E-state index is 5.97. The molecule has 0 amide bonds. The molecule has 1 aliphatic heterocycles. The van der Waals surface area contributed by atoms with Crippen molar-refractivity contribution in [1.29, 1.82) is 0 Å². The molecule has 54 valence electrons. The highest BCUT2D eigenvalue weighted by molar-refractivity contribution is 6.20. The highest BCUT2D eigenvalue weighted by Gasteiger charge is 2.22. The zero-order valence-corrected chi connectivity index (χ0v) is 6.60. The molecule has 0 spiro atoms. The van der Waals surface area contributed by atoms with Crippen LogP contribution in [0.3, 0.4) is 0 Å². The third-order valence-electron chi connectivity index (χ3n) is 1.97. The van der Waals surface area contributed by atoms with Crippen LogP contribution in [0.1, 0.15) is 23.3 Å². The van der Waals surface area contributed by atoms with E-state index in [2.05, 4.69) is 16.5 Å². The Morgan fingerprint density at radius 3 is 3.30 bits per heavy atom. The van der Waals surface area contributed by atoms with E-state index >= 15 is 0 Å². The van der Waals surface area contributed by atoms with Gasteiger partial charge in [0.05, 0.1) is 5.38 Å². The number of aryl methyl sites for hydroxylation is 1. The Bertz CT molecular complexity index is 254. The van der Waals surface area contributed by atoms with E-state index in [0.29, 0.717) is 0 Å². The predicted molar refractivity (Wildman–Crippen MR) is 40.2 cm³/mol. The molecule has 0 radical (unpaired) electrons. The lowest BCUT2D eigenvalue weighted by molar-refractivity contribution is 0.725. The van der Waals surface area contributed by atoms with E-state index in [-0.39, 0.29) is 5.38 Å². The van der Waals surface area contributed by atoms with Crippen molar-refractivity contribution in [2.24, 2.45) is 0 Å². The molecular weight excluding hydrogens is 148 g/mol. The van der Waals surface area contributed by atoms with Gasteiger partial charge in [0, 0.05) is 18.4 Å². The van der Waals surface area contributed by atoms with Crippen LogP contribution in [0.5, 0.6) is 0 Å². The predicted octanol–water partition coefficient (Wildman–Crippen LogP) is 1.88. The molecule has 10 heavy (non-hydrogen) atoms. The summed E-state index contributed by atoms with van der Waals surface area (Å²) in [5.41, 5.74) is 1.22. The molecule has 1 aromatic rings. The molecule has 2 rings (SSSR count). The van der Waals surface area contributed by atoms with Crippen molar-refractivity contribution in [2.45, 2.75) is 25.3 Å². The van der Waals surface area contributed by atoms with Gasteiger partial charge in [-0.15, -0.1) is 11.6 Å². The fraction of sp³-hybridized carbons (Fsp3) is 0.571. The number of hydrogen-bond acceptors (Lipinski definition) is 1. The molecule has 1 aliphatic rings. The van der Waals surface area contributed by atoms with Crippen LogP contribution in [-0.4, -0.2) is 9.55 Å². The summed E-state index contributed by atoms with van der Waals surface area (Å²) in [7, 11) is 0. The monoisotopic (exact) mass is 156 g/mol. The molecule has 1 unspecified atom stereocenters. The van der Waals surface area contributed by atoms with E-state index in [9.17, 15) is 0 Å². The summed E-state index contributed by atoms with van der Waals surface area (Å²) in [6, 6.07) is 0. The first-order valence-corrected chi connectivity index (χ1v) is 3.89. The maximum absolute atomic E-state index is 5.97. The second-order valence-corrected chi connectivity index (χ2v) is 3.19. The molecule has 0 aliphatic carbocycles. The lowest BCUT2D eigenvalue weighted by Gasteiger charge is -1.96. The molecule has 0 N–H and O–H groups in total. The van der Waals surface area contributed by atoms with Crippen molar-refractivity contribution in [1.82, 2.24) is 9.55 Å². The van der Waals surface area contributed by atoms with Crippen LogP contribution >= 0.6 is 11.6 Å². The number of aromatic nitrogens is 2. The largest absolute Gasteiger partial charge is 0.331 e. The third kappa shape index (κ3) is 0.686. The van der Waals surface area contributed by atoms with E-state index in [4.69, 9.17) is 11.6 Å². The number of imidazole rings is 1. The van der Waals surface area contributed by atoms with Crippen molar-refractivity contribution in [3.05, 3.63) is 17.7 Å². The number of halogens is 1. The Morgan fingerprint density at radius 1 is 1.80 bits per heavy atom. The number of nitrogens with zero attached hydrogens (tertiary/aromatic N) is 2. The normalized spacial score (nSPS) is 23.2. The second-order valence-electron chi connectivity index (χ2n) is 2.67. The number of hydrogen-bond donors (Lipinski definition) is 0. The summed E-state index contributed by atoms with van der Waals surface area (Å²) in [5.74, 6) is 1.04. The number of rotatable bonds is 0. The maximum Gasteiger partial charge on any atom is 0.127 e. The van der Waals surface area contributed by atoms with Crippen molar-refractivity contribution in [2.75, 3.05) is 0 Å². The van der Waals surface area contributed by atoms with E-state index < -0.39 is 0 Å². The van der Waals surface area contributed by atoms with Crippen molar-refractivity contribution in [3.63, 3.8) is 0 Å². The van der Waals surface area contributed by atoms with Crippen LogP contribution in [0.2, 0.25) is 0 Å². The molecule has 3 heteroatoms. The Balaban J connectivity index is 2.53. The highest BCUT2D eigenvalue weighted by atomic mass is 35.5. The van der Waals surface area contributed by atoms with Crippen molar-refractivity contribution in [3.8, 4) is 0 Å². The average molecular weight is 157 g/mol. The van der Waals surface area contributed by atoms with Gasteiger partial charge in [-0.2, -0.15) is 0 Å². The minimum Gasteiger partial charge on any atom is -0.331 e. The fourth-order valence-electron chi connectivity index (χ4n) is 1.39. The Morgan fingerprint density at radius 2 is 2.60 bits per heavy atom. The van der Waals surface area contributed by atoms with E-state index in [1.807, 2.05) is 6.20 Å². The molecule has 0 saturated carbocycles. The highest BCUT2D eigenvalue weighted by Crippen LogP contribution is 2.30. The Kier molecular flexibility index (Phi) is 1.24. The Hall–Kier alpha value is -0.500. The lowest BCUT2D eigenvalue weighted by atomic mass is 10.3. The number of fused-ring (bicyclic) bond motifs is 1. The van der Waals surface area contributed by atoms with E-state index in [1.165, 1.54) is 5.69 Å². The zero-order valence-electron chi connectivity index (χ0n) is 5.84. The zero-order chi connectivity index (χ0) is 7.14. The van der Waals surface area contributed by atoms with Gasteiger partial charge in [-0.3, -0.25) is 0 Å². The summed E-state index contributed by atoms with van der Waals surface area (Å²) in [6.45, 7) is 3.10. The van der Waals surface area contributed by atoms with Crippen molar-refractivity contribution >= 4 is 11.6 Å². The minimum absolute atomic E-state index is 0.147. The molecule has 1 aromatic heterocycles. The van der Waals surface area contributed by atoms with Crippen LogP contribution < -0.4 is 0 Å². The van der Waals surface area contributed by atoms with E-state index in [1.54, 1.807) is 0 Å². The van der Waals surface area contributed by atoms with Gasteiger partial charge < -0.3 is 4.57 Å². The van der Waals surface area contributed by atoms with Crippen LogP contribution in [0.15, 0.2) is 6.20 Å². The fourth-order valence-corrected chi connectivity index (χ4v) is 1.66. The minimum atomic E-state index is 0.147. The van der Waals surface area contributed by atoms with Crippen LogP contribution in [0.4, 0.5) is 0 Å². The van der Waals surface area contributed by atoms with Gasteiger partial charge in [-0.05, 0) is 13.3 Å². The first-order chi connectivity index (χ1) is 4.79. The quantitative estimate of drug-likeness (QED) is 0.525. The smallest absolute Gasteiger partial charge is 0.127 e. The molecule has 1 atom stereocenters. The SMILES string of the molecule is Cc1cnc2n1CCC2Cl. The molecule has 2 heterocycles. The summed E-state index contributed by atoms with van der Waals surface area (Å²) >= 11 is 5.97. The van der Waals surface area contributed by atoms with Crippen molar-refractivity contribution < 1.29 is 0 Å². The molecular formula is C7H9ClN2. The standard InChI is InChI=1S/C7H9ClN2/c1-5-4-9-7-6(8)2-3-10(5)7/h4,6H,2-3H2,1H3. The summed E-state index contributed by atoms with van der Waals surface area (Å²) < 4.78 is 2.18. The molecule has 0 aromatic carbocycles. The molecule has 2 nitrogen and oxygen atoms in total. The van der Waals surface area contributed by atoms with Gasteiger partial charge in [0.1, 0.15) is 5.82 Å². The van der Waals surface area contributed by atoms with Gasteiger partial charge in [-0.1, -0.05) is 0 Å². The molecule has 0 saturated heterocycles. The first-order valence-electron chi connectivity index (χ1n) is 3.45. The van der Waals surface area contributed by atoms with Crippen LogP contribution in [-0.2, 0) is 6.54 Å². The molecule has 0 fully saturated rings. The number of alkyl halides is 1. The van der Waals surface area contributed by atoms with Gasteiger partial charge in [0.15, 0.2) is 0 Å². The summed E-state index contributed by atoms with van der Waals surface area (Å²) in [4.78, 5) is 4.21. The van der Waals surface area contributed by atoms with Crippen LogP contribution in [0, 0.1) is 6.92 Å². The van der Waals surface area contributed by atoms with Gasteiger partial charge in [-0.25, -0.2) is 4.98 Å². The van der Waals surface area contributed by atoms with E-state index in [0.717, 1.165) is 18.8 Å². The van der Waals surface area contributed by atoms with Gasteiger partial charge in [0.25, 0.3) is 0 Å².